The second kappa shape index (κ2) is 8.35. The summed E-state index contributed by atoms with van der Waals surface area (Å²) in [6.07, 6.45) is 2.93. The molecule has 28 heavy (non-hydrogen) atoms. The van der Waals surface area contributed by atoms with Crippen molar-refractivity contribution < 1.29 is 19.1 Å². The molecule has 1 N–H and O–H groups in total. The second-order valence-electron chi connectivity index (χ2n) is 8.37. The Balaban J connectivity index is 1.56. The molecule has 152 valence electrons. The van der Waals surface area contributed by atoms with E-state index < -0.39 is 17.8 Å². The van der Waals surface area contributed by atoms with Crippen LogP contribution in [-0.2, 0) is 20.7 Å². The van der Waals surface area contributed by atoms with Gasteiger partial charge in [0.05, 0.1) is 12.1 Å². The number of ether oxygens (including phenoxy) is 2. The zero-order chi connectivity index (χ0) is 20.3. The van der Waals surface area contributed by atoms with Gasteiger partial charge in [0.2, 0.25) is 0 Å². The van der Waals surface area contributed by atoms with E-state index in [0.29, 0.717) is 19.5 Å². The fraction of sp³-hybridized carbons (Fsp3) is 0.545. The topological polar surface area (TPSA) is 67.9 Å². The number of nitrogens with zero attached hydrogens (tertiary/aromatic N) is 1. The standard InChI is InChI=1S/C22H30N2O4/c1-5-18-17-9-7-6-8-15(17)12-13-24(18)20(25)19-11-10-16(27-19)14-23-21(26)28-22(2,3)4/h5-9,16,18-19H,1,10-14H2,2-4H3,(H,23,26)/t16-,18+,19+/m1/s1. The van der Waals surface area contributed by atoms with Gasteiger partial charge >= 0.3 is 6.09 Å². The van der Waals surface area contributed by atoms with Gasteiger partial charge in [0.25, 0.3) is 5.91 Å². The summed E-state index contributed by atoms with van der Waals surface area (Å²) in [4.78, 5) is 26.8. The zero-order valence-corrected chi connectivity index (χ0v) is 16.9. The molecule has 3 rings (SSSR count). The SMILES string of the molecule is C=C[C@H]1c2ccccc2CCN1C(=O)[C@@H]1CC[C@H](CNC(=O)OC(C)(C)C)O1. The number of carbonyl (C=O) groups excluding carboxylic acids is 2. The average Bonchev–Trinajstić information content (AvgIpc) is 3.12. The molecule has 1 aromatic rings. The number of nitrogens with one attached hydrogen (secondary N) is 1. The van der Waals surface area contributed by atoms with Crippen LogP contribution in [0.4, 0.5) is 4.79 Å². The van der Waals surface area contributed by atoms with Crippen molar-refractivity contribution in [1.29, 1.82) is 0 Å². The fourth-order valence-electron chi connectivity index (χ4n) is 3.83. The highest BCUT2D eigenvalue weighted by Gasteiger charge is 2.37. The summed E-state index contributed by atoms with van der Waals surface area (Å²) in [6, 6.07) is 8.06. The van der Waals surface area contributed by atoms with E-state index >= 15 is 0 Å². The van der Waals surface area contributed by atoms with Crippen LogP contribution >= 0.6 is 0 Å². The number of fused-ring (bicyclic) bond motifs is 1. The second-order valence-corrected chi connectivity index (χ2v) is 8.37. The van der Waals surface area contributed by atoms with Crippen LogP contribution in [0.2, 0.25) is 0 Å². The van der Waals surface area contributed by atoms with Crippen LogP contribution in [-0.4, -0.2) is 47.8 Å². The molecule has 2 amide bonds. The number of alkyl carbamates (subject to hydrolysis) is 1. The minimum atomic E-state index is -0.538. The molecule has 2 aliphatic heterocycles. The van der Waals surface area contributed by atoms with E-state index in [1.54, 1.807) is 0 Å². The van der Waals surface area contributed by atoms with E-state index in [1.807, 2.05) is 43.9 Å². The van der Waals surface area contributed by atoms with Gasteiger partial charge in [-0.25, -0.2) is 4.79 Å². The maximum atomic E-state index is 13.1. The molecule has 6 nitrogen and oxygen atoms in total. The molecule has 0 unspecified atom stereocenters. The van der Waals surface area contributed by atoms with E-state index in [-0.39, 0.29) is 18.1 Å². The molecule has 0 radical (unpaired) electrons. The average molecular weight is 386 g/mol. The van der Waals surface area contributed by atoms with Crippen LogP contribution in [0, 0.1) is 0 Å². The fourth-order valence-corrected chi connectivity index (χ4v) is 3.83. The molecule has 2 aliphatic rings. The number of benzene rings is 1. The normalized spacial score (nSPS) is 24.4. The molecule has 6 heteroatoms. The molecule has 0 bridgehead atoms. The van der Waals surface area contributed by atoms with Crippen LogP contribution in [0.5, 0.6) is 0 Å². The number of rotatable bonds is 4. The van der Waals surface area contributed by atoms with Gasteiger partial charge in [0.1, 0.15) is 11.7 Å². The smallest absolute Gasteiger partial charge is 0.407 e. The van der Waals surface area contributed by atoms with E-state index in [0.717, 1.165) is 18.4 Å². The number of hydrogen-bond acceptors (Lipinski definition) is 4. The Bertz CT molecular complexity index is 740. The number of amides is 2. The summed E-state index contributed by atoms with van der Waals surface area (Å²) < 4.78 is 11.2. The monoisotopic (exact) mass is 386 g/mol. The lowest BCUT2D eigenvalue weighted by Crippen LogP contribution is -2.45. The van der Waals surface area contributed by atoms with Gasteiger partial charge in [-0.05, 0) is 51.2 Å². The van der Waals surface area contributed by atoms with Gasteiger partial charge in [-0.15, -0.1) is 6.58 Å². The number of hydrogen-bond donors (Lipinski definition) is 1. The van der Waals surface area contributed by atoms with Gasteiger partial charge in [-0.2, -0.15) is 0 Å². The van der Waals surface area contributed by atoms with Crippen LogP contribution in [0.1, 0.15) is 50.8 Å². The Hall–Kier alpha value is -2.34. The first-order valence-electron chi connectivity index (χ1n) is 9.91. The lowest BCUT2D eigenvalue weighted by atomic mass is 9.92. The molecule has 0 saturated carbocycles. The Morgan fingerprint density at radius 1 is 1.32 bits per heavy atom. The van der Waals surface area contributed by atoms with Gasteiger partial charge in [-0.3, -0.25) is 4.79 Å². The molecular formula is C22H30N2O4. The van der Waals surface area contributed by atoms with E-state index in [4.69, 9.17) is 9.47 Å². The molecular weight excluding hydrogens is 356 g/mol. The molecule has 3 atom stereocenters. The molecule has 1 fully saturated rings. The molecule has 1 aromatic carbocycles. The van der Waals surface area contributed by atoms with E-state index in [2.05, 4.69) is 24.0 Å². The highest BCUT2D eigenvalue weighted by atomic mass is 16.6. The van der Waals surface area contributed by atoms with Crippen molar-refractivity contribution in [3.63, 3.8) is 0 Å². The third-order valence-electron chi connectivity index (χ3n) is 5.09. The van der Waals surface area contributed by atoms with Crippen molar-refractivity contribution in [1.82, 2.24) is 10.2 Å². The minimum absolute atomic E-state index is 0.000767. The first-order valence-corrected chi connectivity index (χ1v) is 9.91. The van der Waals surface area contributed by atoms with Gasteiger partial charge < -0.3 is 19.7 Å². The van der Waals surface area contributed by atoms with Crippen molar-refractivity contribution in [2.45, 2.75) is 63.9 Å². The maximum Gasteiger partial charge on any atom is 0.407 e. The molecule has 2 heterocycles. The summed E-state index contributed by atoms with van der Waals surface area (Å²) >= 11 is 0. The largest absolute Gasteiger partial charge is 0.444 e. The van der Waals surface area contributed by atoms with Gasteiger partial charge in [0.15, 0.2) is 0 Å². The third-order valence-corrected chi connectivity index (χ3v) is 5.09. The van der Waals surface area contributed by atoms with Crippen LogP contribution in [0.15, 0.2) is 36.9 Å². The Labute approximate surface area is 166 Å². The Kier molecular flexibility index (Phi) is 6.08. The molecule has 1 saturated heterocycles. The first-order chi connectivity index (χ1) is 13.3. The summed E-state index contributed by atoms with van der Waals surface area (Å²) in [7, 11) is 0. The Morgan fingerprint density at radius 3 is 2.79 bits per heavy atom. The van der Waals surface area contributed by atoms with E-state index in [1.165, 1.54) is 5.56 Å². The zero-order valence-electron chi connectivity index (χ0n) is 16.9. The molecule has 0 spiro atoms. The van der Waals surface area contributed by atoms with Crippen molar-refractivity contribution in [2.75, 3.05) is 13.1 Å². The Morgan fingerprint density at radius 2 is 2.07 bits per heavy atom. The summed E-state index contributed by atoms with van der Waals surface area (Å²) in [5, 5.41) is 2.73. The predicted molar refractivity (Wildman–Crippen MR) is 107 cm³/mol. The minimum Gasteiger partial charge on any atom is -0.444 e. The maximum absolute atomic E-state index is 13.1. The highest BCUT2D eigenvalue weighted by molar-refractivity contribution is 5.82. The third kappa shape index (κ3) is 4.73. The first kappa shape index (κ1) is 20.4. The van der Waals surface area contributed by atoms with Gasteiger partial charge in [0, 0.05) is 13.1 Å². The lowest BCUT2D eigenvalue weighted by molar-refractivity contribution is -0.144. The summed E-state index contributed by atoms with van der Waals surface area (Å²) in [5.74, 6) is -0.000767. The van der Waals surface area contributed by atoms with Crippen molar-refractivity contribution >= 4 is 12.0 Å². The predicted octanol–water partition coefficient (Wildman–Crippen LogP) is 3.37. The van der Waals surface area contributed by atoms with Crippen LogP contribution in [0.3, 0.4) is 0 Å². The van der Waals surface area contributed by atoms with Crippen molar-refractivity contribution in [3.05, 3.63) is 48.0 Å². The summed E-state index contributed by atoms with van der Waals surface area (Å²) in [6.45, 7) is 10.4. The highest BCUT2D eigenvalue weighted by Crippen LogP contribution is 2.32. The summed E-state index contributed by atoms with van der Waals surface area (Å²) in [5.41, 5.74) is 1.87. The van der Waals surface area contributed by atoms with Gasteiger partial charge in [-0.1, -0.05) is 30.3 Å². The molecule has 0 aliphatic carbocycles. The molecule has 0 aromatic heterocycles. The number of carbonyl (C=O) groups is 2. The quantitative estimate of drug-likeness (QED) is 0.806. The van der Waals surface area contributed by atoms with Crippen molar-refractivity contribution in [3.8, 4) is 0 Å². The lowest BCUT2D eigenvalue weighted by Gasteiger charge is -2.37. The van der Waals surface area contributed by atoms with Crippen LogP contribution < -0.4 is 5.32 Å². The van der Waals surface area contributed by atoms with Crippen LogP contribution in [0.25, 0.3) is 0 Å². The van der Waals surface area contributed by atoms with E-state index in [9.17, 15) is 9.59 Å². The van der Waals surface area contributed by atoms with Crippen molar-refractivity contribution in [2.24, 2.45) is 0 Å².